The molecule has 0 spiro atoms. The smallest absolute Gasteiger partial charge is 0.251 e. The molecule has 0 atom stereocenters. The van der Waals surface area contributed by atoms with Gasteiger partial charge in [0, 0.05) is 36.3 Å². The third-order valence-electron chi connectivity index (χ3n) is 5.75. The minimum absolute atomic E-state index is 0.0257. The fourth-order valence-corrected chi connectivity index (χ4v) is 4.71. The lowest BCUT2D eigenvalue weighted by Crippen LogP contribution is -2.47. The van der Waals surface area contributed by atoms with Gasteiger partial charge in [0.05, 0.1) is 18.7 Å². The lowest BCUT2D eigenvalue weighted by Gasteiger charge is -2.36. The highest BCUT2D eigenvalue weighted by molar-refractivity contribution is 7.14. The van der Waals surface area contributed by atoms with Gasteiger partial charge < -0.3 is 4.90 Å². The average molecular weight is 446 g/mol. The van der Waals surface area contributed by atoms with Crippen molar-refractivity contribution in [1.82, 2.24) is 25.0 Å². The van der Waals surface area contributed by atoms with Crippen LogP contribution in [0.25, 0.3) is 21.3 Å². The number of hydrogen-bond donors (Lipinski definition) is 0. The van der Waals surface area contributed by atoms with Crippen molar-refractivity contribution in [1.29, 1.82) is 0 Å². The Kier molecular flexibility index (Phi) is 6.52. The largest absolute Gasteiger partial charge is 0.342 e. The minimum Gasteiger partial charge on any atom is -0.342 e. The SMILES string of the molecule is Cc1nnc(-c2ccc3cnc(CC(=O)N4CCC(N(C)CC(F)F)CC4)cc3c2)s1. The van der Waals surface area contributed by atoms with Crippen molar-refractivity contribution in [2.24, 2.45) is 0 Å². The summed E-state index contributed by atoms with van der Waals surface area (Å²) in [4.78, 5) is 20.8. The van der Waals surface area contributed by atoms with Gasteiger partial charge >= 0.3 is 0 Å². The quantitative estimate of drug-likeness (QED) is 0.578. The molecule has 0 aliphatic carbocycles. The van der Waals surface area contributed by atoms with Gasteiger partial charge in [-0.25, -0.2) is 8.78 Å². The number of nitrogens with zero attached hydrogens (tertiary/aromatic N) is 5. The fourth-order valence-electron chi connectivity index (χ4n) is 4.02. The molecule has 2 aromatic heterocycles. The summed E-state index contributed by atoms with van der Waals surface area (Å²) in [6.07, 6.45) is 1.11. The number of hydrogen-bond acceptors (Lipinski definition) is 6. The van der Waals surface area contributed by atoms with Gasteiger partial charge in [0.2, 0.25) is 5.91 Å². The van der Waals surface area contributed by atoms with Crippen molar-refractivity contribution in [3.05, 3.63) is 41.2 Å². The van der Waals surface area contributed by atoms with Crippen LogP contribution in [0.4, 0.5) is 8.78 Å². The van der Waals surface area contributed by atoms with Crippen LogP contribution in [-0.2, 0) is 11.2 Å². The zero-order valence-corrected chi connectivity index (χ0v) is 18.4. The molecule has 1 fully saturated rings. The van der Waals surface area contributed by atoms with Crippen molar-refractivity contribution in [3.63, 3.8) is 0 Å². The van der Waals surface area contributed by atoms with Crippen LogP contribution in [-0.4, -0.2) is 70.0 Å². The van der Waals surface area contributed by atoms with E-state index in [-0.39, 0.29) is 24.9 Å². The van der Waals surface area contributed by atoms with Gasteiger partial charge in [0.1, 0.15) is 10.0 Å². The predicted molar refractivity (Wildman–Crippen MR) is 117 cm³/mol. The number of halogens is 2. The summed E-state index contributed by atoms with van der Waals surface area (Å²) in [7, 11) is 1.73. The molecule has 6 nitrogen and oxygen atoms in total. The number of piperidine rings is 1. The summed E-state index contributed by atoms with van der Waals surface area (Å²) in [6, 6.07) is 8.10. The summed E-state index contributed by atoms with van der Waals surface area (Å²) >= 11 is 1.54. The maximum Gasteiger partial charge on any atom is 0.251 e. The van der Waals surface area contributed by atoms with Crippen LogP contribution in [0.15, 0.2) is 30.5 Å². The number of benzene rings is 1. The third kappa shape index (κ3) is 5.22. The highest BCUT2D eigenvalue weighted by Crippen LogP contribution is 2.27. The Bertz CT molecular complexity index is 1060. The van der Waals surface area contributed by atoms with Crippen LogP contribution in [0.2, 0.25) is 0 Å². The van der Waals surface area contributed by atoms with Gasteiger partial charge in [-0.3, -0.25) is 14.7 Å². The van der Waals surface area contributed by atoms with Crippen molar-refractivity contribution in [2.75, 3.05) is 26.7 Å². The topological polar surface area (TPSA) is 62.2 Å². The molecule has 3 aromatic rings. The molecule has 0 saturated carbocycles. The van der Waals surface area contributed by atoms with E-state index in [1.807, 2.05) is 30.0 Å². The van der Waals surface area contributed by atoms with E-state index in [2.05, 4.69) is 21.2 Å². The number of pyridine rings is 1. The molecule has 1 saturated heterocycles. The number of rotatable bonds is 6. The van der Waals surface area contributed by atoms with Gasteiger partial charge in [-0.05, 0) is 44.3 Å². The number of amides is 1. The molecule has 0 N–H and O–H groups in total. The Morgan fingerprint density at radius 1 is 1.23 bits per heavy atom. The van der Waals surface area contributed by atoms with E-state index in [0.29, 0.717) is 25.9 Å². The van der Waals surface area contributed by atoms with E-state index in [1.165, 1.54) is 0 Å². The van der Waals surface area contributed by atoms with Gasteiger partial charge in [0.15, 0.2) is 0 Å². The minimum atomic E-state index is -2.33. The van der Waals surface area contributed by atoms with Crippen molar-refractivity contribution < 1.29 is 13.6 Å². The molecule has 1 amide bonds. The van der Waals surface area contributed by atoms with E-state index in [1.54, 1.807) is 29.5 Å². The molecule has 0 unspecified atom stereocenters. The van der Waals surface area contributed by atoms with Crippen molar-refractivity contribution in [3.8, 4) is 10.6 Å². The van der Waals surface area contributed by atoms with Gasteiger partial charge in [0.25, 0.3) is 6.43 Å². The van der Waals surface area contributed by atoms with Crippen LogP contribution < -0.4 is 0 Å². The van der Waals surface area contributed by atoms with Gasteiger partial charge in [-0.2, -0.15) is 0 Å². The number of likely N-dealkylation sites (tertiary alicyclic amines) is 1. The Balaban J connectivity index is 1.41. The van der Waals surface area contributed by atoms with Gasteiger partial charge in [-0.15, -0.1) is 10.2 Å². The molecular formula is C22H25F2N5OS. The van der Waals surface area contributed by atoms with E-state index in [9.17, 15) is 13.6 Å². The first-order chi connectivity index (χ1) is 14.9. The molecule has 1 aliphatic heterocycles. The highest BCUT2D eigenvalue weighted by Gasteiger charge is 2.26. The second-order valence-corrected chi connectivity index (χ2v) is 9.16. The normalized spacial score (nSPS) is 15.4. The standard InChI is InChI=1S/C22H25F2N5OS/c1-14-26-27-22(31-14)15-3-4-16-12-25-18(10-17(16)9-15)11-21(30)29-7-5-19(6-8-29)28(2)13-20(23)24/h3-4,9-10,12,19-20H,5-8,11,13H2,1-2H3. The van der Waals surface area contributed by atoms with E-state index in [0.717, 1.165) is 32.0 Å². The lowest BCUT2D eigenvalue weighted by molar-refractivity contribution is -0.132. The van der Waals surface area contributed by atoms with E-state index >= 15 is 0 Å². The third-order valence-corrected chi connectivity index (χ3v) is 6.64. The molecule has 0 bridgehead atoms. The monoisotopic (exact) mass is 445 g/mol. The molecule has 9 heteroatoms. The number of alkyl halides is 2. The van der Waals surface area contributed by atoms with Crippen LogP contribution >= 0.6 is 11.3 Å². The fraction of sp³-hybridized carbons (Fsp3) is 0.455. The maximum absolute atomic E-state index is 12.8. The average Bonchev–Trinajstić information content (AvgIpc) is 3.19. The van der Waals surface area contributed by atoms with Crippen molar-refractivity contribution in [2.45, 2.75) is 38.7 Å². The molecular weight excluding hydrogens is 420 g/mol. The predicted octanol–water partition coefficient (Wildman–Crippen LogP) is 3.79. The molecule has 1 aromatic carbocycles. The number of carbonyl (C=O) groups is 1. The summed E-state index contributed by atoms with van der Waals surface area (Å²) in [5.41, 5.74) is 1.72. The number of carbonyl (C=O) groups excluding carboxylic acids is 1. The first-order valence-corrected chi connectivity index (χ1v) is 11.2. The molecule has 3 heterocycles. The van der Waals surface area contributed by atoms with Crippen LogP contribution in [0.1, 0.15) is 23.5 Å². The zero-order valence-electron chi connectivity index (χ0n) is 17.6. The summed E-state index contributed by atoms with van der Waals surface area (Å²) in [6.45, 7) is 2.88. The summed E-state index contributed by atoms with van der Waals surface area (Å²) in [5, 5.41) is 12.1. The maximum atomic E-state index is 12.8. The Morgan fingerprint density at radius 2 is 2.00 bits per heavy atom. The second-order valence-electron chi connectivity index (χ2n) is 7.98. The molecule has 31 heavy (non-hydrogen) atoms. The van der Waals surface area contributed by atoms with Crippen LogP contribution in [0.5, 0.6) is 0 Å². The molecule has 164 valence electrons. The van der Waals surface area contributed by atoms with Crippen LogP contribution in [0.3, 0.4) is 0 Å². The Hall–Kier alpha value is -2.52. The Morgan fingerprint density at radius 3 is 2.68 bits per heavy atom. The number of aryl methyl sites for hydroxylation is 1. The highest BCUT2D eigenvalue weighted by atomic mass is 32.1. The lowest BCUT2D eigenvalue weighted by atomic mass is 10.0. The van der Waals surface area contributed by atoms with Crippen molar-refractivity contribution >= 4 is 28.0 Å². The second kappa shape index (κ2) is 9.32. The van der Waals surface area contributed by atoms with E-state index < -0.39 is 6.43 Å². The van der Waals surface area contributed by atoms with Gasteiger partial charge in [-0.1, -0.05) is 23.5 Å². The zero-order chi connectivity index (χ0) is 22.0. The molecule has 0 radical (unpaired) electrons. The van der Waals surface area contributed by atoms with E-state index in [4.69, 9.17) is 0 Å². The first-order valence-electron chi connectivity index (χ1n) is 10.3. The molecule has 4 rings (SSSR count). The summed E-state index contributed by atoms with van der Waals surface area (Å²) < 4.78 is 25.2. The Labute approximate surface area is 183 Å². The first kappa shape index (κ1) is 21.7. The van der Waals surface area contributed by atoms with Crippen LogP contribution in [0, 0.1) is 6.92 Å². The number of aromatic nitrogens is 3. The summed E-state index contributed by atoms with van der Waals surface area (Å²) in [5.74, 6) is 0.0257. The number of fused-ring (bicyclic) bond motifs is 1. The molecule has 1 aliphatic rings.